The molecular weight excluding hydrogens is 468 g/mol. The quantitative estimate of drug-likeness (QED) is 0.509. The van der Waals surface area contributed by atoms with Crippen LogP contribution in [0.15, 0.2) is 54.6 Å². The number of nitrogens with one attached hydrogen (secondary N) is 2. The maximum Gasteiger partial charge on any atom is 0.232 e. The lowest BCUT2D eigenvalue weighted by Gasteiger charge is -2.33. The zero-order valence-corrected chi connectivity index (χ0v) is 21.3. The van der Waals surface area contributed by atoms with Gasteiger partial charge in [0.2, 0.25) is 5.95 Å². The van der Waals surface area contributed by atoms with Crippen molar-refractivity contribution in [2.24, 2.45) is 0 Å². The van der Waals surface area contributed by atoms with Gasteiger partial charge in [-0.25, -0.2) is 0 Å². The Morgan fingerprint density at radius 2 is 1.47 bits per heavy atom. The molecule has 2 aromatic carbocycles. The Balaban J connectivity index is 1.25. The number of rotatable bonds is 5. The lowest BCUT2D eigenvalue weighted by molar-refractivity contribution is 0.114. The second-order valence-electron chi connectivity index (χ2n) is 9.76. The Labute approximate surface area is 217 Å². The number of benzene rings is 2. The van der Waals surface area contributed by atoms with Crippen LogP contribution in [0.1, 0.15) is 35.1 Å². The summed E-state index contributed by atoms with van der Waals surface area (Å²) in [5, 5.41) is 7.07. The molecule has 0 aliphatic carbocycles. The Morgan fingerprint density at radius 3 is 2.03 bits per heavy atom. The summed E-state index contributed by atoms with van der Waals surface area (Å²) in [5.74, 6) is 2.39. The summed E-state index contributed by atoms with van der Waals surface area (Å²) in [4.78, 5) is 14.5. The number of ether oxygens (including phenoxy) is 1. The molecule has 3 aromatic rings. The molecule has 0 unspecified atom stereocenters. The minimum absolute atomic E-state index is 0.217. The number of aromatic nitrogens is 2. The zero-order valence-electron chi connectivity index (χ0n) is 20.4. The van der Waals surface area contributed by atoms with E-state index in [1.165, 1.54) is 22.3 Å². The third-order valence-corrected chi connectivity index (χ3v) is 7.59. The van der Waals surface area contributed by atoms with Gasteiger partial charge in [-0.3, -0.25) is 0 Å². The van der Waals surface area contributed by atoms with Gasteiger partial charge in [0.05, 0.1) is 6.10 Å². The molecule has 3 aliphatic heterocycles. The van der Waals surface area contributed by atoms with Crippen LogP contribution in [-0.2, 0) is 30.7 Å². The van der Waals surface area contributed by atoms with Gasteiger partial charge < -0.3 is 25.2 Å². The highest BCUT2D eigenvalue weighted by molar-refractivity contribution is 7.80. The first-order valence-electron chi connectivity index (χ1n) is 12.9. The van der Waals surface area contributed by atoms with E-state index in [1.54, 1.807) is 0 Å². The first-order valence-corrected chi connectivity index (χ1v) is 13.3. The average molecular weight is 501 g/mol. The molecule has 6 rings (SSSR count). The van der Waals surface area contributed by atoms with E-state index in [-0.39, 0.29) is 6.10 Å². The highest BCUT2D eigenvalue weighted by Gasteiger charge is 2.23. The first kappa shape index (κ1) is 23.2. The van der Waals surface area contributed by atoms with Crippen LogP contribution in [0.5, 0.6) is 0 Å². The predicted molar refractivity (Wildman–Crippen MR) is 148 cm³/mol. The van der Waals surface area contributed by atoms with Gasteiger partial charge in [0.25, 0.3) is 0 Å². The molecule has 0 radical (unpaired) electrons. The van der Waals surface area contributed by atoms with Crippen LogP contribution in [0, 0.1) is 0 Å². The summed E-state index contributed by atoms with van der Waals surface area (Å²) in [6, 6.07) is 19.5. The topological polar surface area (TPSA) is 65.6 Å². The maximum atomic E-state index is 5.71. The minimum Gasteiger partial charge on any atom is -0.376 e. The van der Waals surface area contributed by atoms with Crippen molar-refractivity contribution < 1.29 is 4.74 Å². The highest BCUT2D eigenvalue weighted by atomic mass is 32.1. The van der Waals surface area contributed by atoms with E-state index in [9.17, 15) is 0 Å². The summed E-state index contributed by atoms with van der Waals surface area (Å²) in [5.41, 5.74) is 5.57. The average Bonchev–Trinajstić information content (AvgIpc) is 3.45. The van der Waals surface area contributed by atoms with E-state index in [4.69, 9.17) is 26.9 Å². The maximum absolute atomic E-state index is 5.71. The molecule has 8 heteroatoms. The standard InChI is InChI=1S/C28H32N6OS/c36-28(29-17-24-10-5-15-35-24)32-27-30-25(33-13-11-20-6-1-3-8-22(20)18-33)16-26(31-27)34-14-12-21-7-2-4-9-23(21)19-34/h1-4,6-9,16,24H,5,10-15,17-19H2,(H2,29,30,31,32,36)/t24-/m0/s1. The SMILES string of the molecule is S=C(NC[C@@H]1CCCO1)Nc1nc(N2CCc3ccccc3C2)cc(N2CCc3ccccc3C2)n1. The van der Waals surface area contributed by atoms with Crippen molar-refractivity contribution in [1.29, 1.82) is 0 Å². The molecule has 7 nitrogen and oxygen atoms in total. The van der Waals surface area contributed by atoms with E-state index in [0.29, 0.717) is 17.6 Å². The second-order valence-corrected chi connectivity index (χ2v) is 10.2. The smallest absolute Gasteiger partial charge is 0.232 e. The lowest BCUT2D eigenvalue weighted by Crippen LogP contribution is -2.36. The number of fused-ring (bicyclic) bond motifs is 2. The molecule has 1 saturated heterocycles. The van der Waals surface area contributed by atoms with Gasteiger partial charge in [-0.15, -0.1) is 0 Å². The van der Waals surface area contributed by atoms with E-state index in [0.717, 1.165) is 70.1 Å². The molecule has 0 amide bonds. The monoisotopic (exact) mass is 500 g/mol. The largest absolute Gasteiger partial charge is 0.376 e. The number of nitrogens with zero attached hydrogens (tertiary/aromatic N) is 4. The summed E-state index contributed by atoms with van der Waals surface area (Å²) >= 11 is 5.59. The fourth-order valence-electron chi connectivity index (χ4n) is 5.34. The van der Waals surface area contributed by atoms with Gasteiger partial charge in [-0.2, -0.15) is 9.97 Å². The van der Waals surface area contributed by atoms with Crippen molar-refractivity contribution in [3.05, 3.63) is 76.9 Å². The van der Waals surface area contributed by atoms with Crippen molar-refractivity contribution in [2.75, 3.05) is 41.4 Å². The summed E-state index contributed by atoms with van der Waals surface area (Å²) in [6.07, 6.45) is 4.42. The number of hydrogen-bond acceptors (Lipinski definition) is 6. The predicted octanol–water partition coefficient (Wildman–Crippen LogP) is 4.07. The molecule has 186 valence electrons. The summed E-state index contributed by atoms with van der Waals surface area (Å²) < 4.78 is 5.71. The van der Waals surface area contributed by atoms with Gasteiger partial charge in [-0.05, 0) is 60.2 Å². The van der Waals surface area contributed by atoms with Gasteiger partial charge in [0.15, 0.2) is 5.11 Å². The molecule has 1 aromatic heterocycles. The van der Waals surface area contributed by atoms with Crippen LogP contribution in [-0.4, -0.2) is 47.4 Å². The molecular formula is C28H32N6OS. The molecule has 0 saturated carbocycles. The van der Waals surface area contributed by atoms with Crippen LogP contribution in [0.3, 0.4) is 0 Å². The van der Waals surface area contributed by atoms with Crippen molar-refractivity contribution >= 4 is 34.9 Å². The van der Waals surface area contributed by atoms with Gasteiger partial charge in [-0.1, -0.05) is 48.5 Å². The van der Waals surface area contributed by atoms with Crippen molar-refractivity contribution in [2.45, 2.75) is 44.9 Å². The van der Waals surface area contributed by atoms with Crippen molar-refractivity contribution in [3.8, 4) is 0 Å². The zero-order chi connectivity index (χ0) is 24.3. The van der Waals surface area contributed by atoms with Crippen LogP contribution in [0.4, 0.5) is 17.6 Å². The summed E-state index contributed by atoms with van der Waals surface area (Å²) in [7, 11) is 0. The molecule has 0 spiro atoms. The third kappa shape index (κ3) is 5.15. The molecule has 3 aliphatic rings. The van der Waals surface area contributed by atoms with E-state index in [2.05, 4.69) is 75.0 Å². The van der Waals surface area contributed by atoms with Crippen LogP contribution in [0.2, 0.25) is 0 Å². The lowest BCUT2D eigenvalue weighted by atomic mass is 9.99. The van der Waals surface area contributed by atoms with Gasteiger partial charge in [0, 0.05) is 45.4 Å². The molecule has 0 bridgehead atoms. The molecule has 4 heterocycles. The summed E-state index contributed by atoms with van der Waals surface area (Å²) in [6.45, 7) is 5.07. The van der Waals surface area contributed by atoms with E-state index >= 15 is 0 Å². The third-order valence-electron chi connectivity index (χ3n) is 7.35. The van der Waals surface area contributed by atoms with Crippen LogP contribution < -0.4 is 20.4 Å². The van der Waals surface area contributed by atoms with E-state index < -0.39 is 0 Å². The number of hydrogen-bond donors (Lipinski definition) is 2. The first-order chi connectivity index (χ1) is 17.7. The molecule has 36 heavy (non-hydrogen) atoms. The minimum atomic E-state index is 0.217. The normalized spacial score (nSPS) is 18.9. The fraction of sp³-hybridized carbons (Fsp3) is 0.393. The van der Waals surface area contributed by atoms with Crippen LogP contribution in [0.25, 0.3) is 0 Å². The number of anilines is 3. The number of thiocarbonyl (C=S) groups is 1. The Kier molecular flexibility index (Phi) is 6.70. The van der Waals surface area contributed by atoms with Crippen LogP contribution >= 0.6 is 12.2 Å². The van der Waals surface area contributed by atoms with Crippen molar-refractivity contribution in [1.82, 2.24) is 15.3 Å². The Bertz CT molecular complexity index is 1170. The molecule has 1 atom stereocenters. The van der Waals surface area contributed by atoms with Crippen molar-refractivity contribution in [3.63, 3.8) is 0 Å². The highest BCUT2D eigenvalue weighted by Crippen LogP contribution is 2.29. The molecule has 2 N–H and O–H groups in total. The van der Waals surface area contributed by atoms with Gasteiger partial charge in [0.1, 0.15) is 11.6 Å². The molecule has 1 fully saturated rings. The fourth-order valence-corrected chi connectivity index (χ4v) is 5.52. The Hall–Kier alpha value is -3.23. The Morgan fingerprint density at radius 1 is 0.889 bits per heavy atom. The van der Waals surface area contributed by atoms with Gasteiger partial charge >= 0.3 is 0 Å². The van der Waals surface area contributed by atoms with E-state index in [1.807, 2.05) is 0 Å². The second kappa shape index (κ2) is 10.4.